The van der Waals surface area contributed by atoms with Crippen molar-refractivity contribution in [3.63, 3.8) is 0 Å². The number of halogens is 1. The first-order valence-electron chi connectivity index (χ1n) is 11.7. The lowest BCUT2D eigenvalue weighted by Gasteiger charge is -2.32. The molecule has 0 aliphatic carbocycles. The van der Waals surface area contributed by atoms with Crippen molar-refractivity contribution in [1.82, 2.24) is 4.90 Å². The van der Waals surface area contributed by atoms with Gasteiger partial charge in [0, 0.05) is 18.1 Å². The van der Waals surface area contributed by atoms with E-state index in [1.54, 1.807) is 0 Å². The van der Waals surface area contributed by atoms with E-state index >= 15 is 0 Å². The van der Waals surface area contributed by atoms with Crippen LogP contribution in [0.4, 0.5) is 0 Å². The van der Waals surface area contributed by atoms with E-state index in [-0.39, 0.29) is 25.7 Å². The molecule has 11 nitrogen and oxygen atoms in total. The summed E-state index contributed by atoms with van der Waals surface area (Å²) >= 11 is 6.10. The zero-order chi connectivity index (χ0) is 27.5. The highest BCUT2D eigenvalue weighted by atomic mass is 35.5. The average Bonchev–Trinajstić information content (AvgIpc) is 2.82. The summed E-state index contributed by atoms with van der Waals surface area (Å²) in [7, 11) is 0. The van der Waals surface area contributed by atoms with Gasteiger partial charge in [0.25, 0.3) is 0 Å². The second kappa shape index (κ2) is 19.3. The second-order valence-corrected chi connectivity index (χ2v) is 8.49. The lowest BCUT2D eigenvalue weighted by Crippen LogP contribution is -2.39. The Morgan fingerprint density at radius 3 is 1.97 bits per heavy atom. The summed E-state index contributed by atoms with van der Waals surface area (Å²) < 4.78 is 5.68. The molecule has 0 spiro atoms. The molecular weight excluding hydrogens is 496 g/mol. The van der Waals surface area contributed by atoms with Gasteiger partial charge in [-0.3, -0.25) is 19.2 Å². The van der Waals surface area contributed by atoms with E-state index in [1.165, 1.54) is 24.9 Å². The van der Waals surface area contributed by atoms with Crippen LogP contribution < -0.4 is 10.5 Å². The predicted molar refractivity (Wildman–Crippen MR) is 134 cm³/mol. The molecule has 1 aliphatic heterocycles. The van der Waals surface area contributed by atoms with E-state index in [1.807, 2.05) is 25.1 Å². The number of rotatable bonds is 12. The fourth-order valence-corrected chi connectivity index (χ4v) is 3.49. The molecule has 1 aromatic rings. The number of benzene rings is 1. The van der Waals surface area contributed by atoms with Gasteiger partial charge in [0.05, 0.1) is 32.3 Å². The van der Waals surface area contributed by atoms with Gasteiger partial charge in [0.15, 0.2) is 0 Å². The summed E-state index contributed by atoms with van der Waals surface area (Å²) in [6.07, 6.45) is 2.33. The van der Waals surface area contributed by atoms with Crippen LogP contribution in [0.5, 0.6) is 5.75 Å². The lowest BCUT2D eigenvalue weighted by atomic mass is 9.98. The lowest BCUT2D eigenvalue weighted by molar-refractivity contribution is -0.143. The smallest absolute Gasteiger partial charge is 0.303 e. The van der Waals surface area contributed by atoms with Gasteiger partial charge in [-0.1, -0.05) is 11.6 Å². The third kappa shape index (κ3) is 17.5. The van der Waals surface area contributed by atoms with Crippen molar-refractivity contribution in [3.05, 3.63) is 28.8 Å². The minimum atomic E-state index is -1.08. The Balaban J connectivity index is 0.000000634. The van der Waals surface area contributed by atoms with E-state index in [0.29, 0.717) is 12.5 Å². The van der Waals surface area contributed by atoms with Crippen LogP contribution in [0.3, 0.4) is 0 Å². The van der Waals surface area contributed by atoms with Crippen LogP contribution in [0.2, 0.25) is 5.02 Å². The molecule has 6 N–H and O–H groups in total. The van der Waals surface area contributed by atoms with Crippen molar-refractivity contribution in [2.75, 3.05) is 32.8 Å². The van der Waals surface area contributed by atoms with E-state index in [2.05, 4.69) is 4.90 Å². The molecule has 12 heteroatoms. The summed E-state index contributed by atoms with van der Waals surface area (Å²) in [4.78, 5) is 41.1. The number of nitrogens with zero attached hydrogens (tertiary/aromatic N) is 1. The van der Waals surface area contributed by atoms with Crippen LogP contribution in [0.25, 0.3) is 0 Å². The molecule has 0 radical (unpaired) electrons. The Hall–Kier alpha value is -2.89. The maximum Gasteiger partial charge on any atom is 0.303 e. The number of carboxylic acid groups (broad SMARTS) is 4. The van der Waals surface area contributed by atoms with E-state index in [4.69, 9.17) is 42.5 Å². The van der Waals surface area contributed by atoms with Crippen molar-refractivity contribution >= 4 is 35.5 Å². The van der Waals surface area contributed by atoms with Gasteiger partial charge < -0.3 is 35.8 Å². The second-order valence-electron chi connectivity index (χ2n) is 8.05. The van der Waals surface area contributed by atoms with Crippen LogP contribution in [0.15, 0.2) is 18.2 Å². The highest BCUT2D eigenvalue weighted by Gasteiger charge is 2.18. The van der Waals surface area contributed by atoms with Crippen LogP contribution in [0.1, 0.15) is 51.0 Å². The van der Waals surface area contributed by atoms with Gasteiger partial charge in [-0.2, -0.15) is 0 Å². The number of hydrogen-bond acceptors (Lipinski definition) is 7. The minimum Gasteiger partial charge on any atom is -0.494 e. The first kappa shape index (κ1) is 33.1. The number of carboxylic acids is 4. The van der Waals surface area contributed by atoms with E-state index in [9.17, 15) is 19.2 Å². The molecule has 1 heterocycles. The molecule has 0 amide bonds. The normalized spacial score (nSPS) is 14.9. The number of piperidine rings is 1. The number of carbonyl (C=O) groups is 4. The molecule has 1 fully saturated rings. The topological polar surface area (TPSA) is 188 Å². The monoisotopic (exact) mass is 532 g/mol. The standard InChI is InChI=1S/C16H25ClN2O.2C4H6O4/c1-2-20-16-6-5-15(17)10-14(16)7-9-19-8-3-4-13(11-18)12-19;2*5-3(6)1-2-4(7)8/h5-6,10,13H,2-4,7-9,11-12,18H2,1H3;2*1-2H2,(H,5,6)(H,7,8)/t13-;;/m0../s1. The Morgan fingerprint density at radius 1 is 1.00 bits per heavy atom. The molecule has 36 heavy (non-hydrogen) atoms. The Bertz CT molecular complexity index is 780. The SMILES string of the molecule is CCOc1ccc(Cl)cc1CCN1CCC[C@@H](CN)C1.O=C(O)CCC(=O)O.O=C(O)CCC(=O)O. The molecule has 0 bridgehead atoms. The first-order valence-corrected chi connectivity index (χ1v) is 12.1. The Morgan fingerprint density at radius 2 is 1.53 bits per heavy atom. The van der Waals surface area contributed by atoms with Gasteiger partial charge in [0.2, 0.25) is 0 Å². The number of ether oxygens (including phenoxy) is 1. The van der Waals surface area contributed by atoms with E-state index in [0.717, 1.165) is 36.8 Å². The minimum absolute atomic E-state index is 0.296. The van der Waals surface area contributed by atoms with Gasteiger partial charge in [-0.05, 0) is 69.0 Å². The van der Waals surface area contributed by atoms with Gasteiger partial charge in [-0.15, -0.1) is 0 Å². The molecule has 0 aromatic heterocycles. The van der Waals surface area contributed by atoms with Crippen molar-refractivity contribution in [2.45, 2.75) is 51.9 Å². The molecule has 1 atom stereocenters. The van der Waals surface area contributed by atoms with Crippen LogP contribution >= 0.6 is 11.6 Å². The summed E-state index contributed by atoms with van der Waals surface area (Å²) in [5.74, 6) is -2.68. The quantitative estimate of drug-likeness (QED) is 0.266. The fraction of sp³-hybridized carbons (Fsp3) is 0.583. The zero-order valence-corrected chi connectivity index (χ0v) is 21.3. The van der Waals surface area contributed by atoms with Crippen molar-refractivity contribution in [3.8, 4) is 5.75 Å². The average molecular weight is 533 g/mol. The number of aliphatic carboxylic acids is 4. The summed E-state index contributed by atoms with van der Waals surface area (Å²) in [6, 6.07) is 5.89. The molecule has 1 aliphatic rings. The highest BCUT2D eigenvalue weighted by Crippen LogP contribution is 2.24. The van der Waals surface area contributed by atoms with Crippen molar-refractivity contribution < 1.29 is 44.3 Å². The summed E-state index contributed by atoms with van der Waals surface area (Å²) in [5.41, 5.74) is 7.00. The summed E-state index contributed by atoms with van der Waals surface area (Å²) in [6.45, 7) is 6.86. The molecular formula is C24H37ClN2O9. The molecule has 1 aromatic carbocycles. The maximum absolute atomic E-state index is 9.64. The largest absolute Gasteiger partial charge is 0.494 e. The summed E-state index contributed by atoms with van der Waals surface area (Å²) in [5, 5.41) is 32.4. The maximum atomic E-state index is 9.64. The zero-order valence-electron chi connectivity index (χ0n) is 20.5. The first-order chi connectivity index (χ1) is 17.0. The molecule has 0 saturated carbocycles. The number of nitrogens with two attached hydrogens (primary N) is 1. The van der Waals surface area contributed by atoms with Gasteiger partial charge >= 0.3 is 23.9 Å². The van der Waals surface area contributed by atoms with E-state index < -0.39 is 23.9 Å². The third-order valence-electron chi connectivity index (χ3n) is 5.06. The highest BCUT2D eigenvalue weighted by molar-refractivity contribution is 6.30. The van der Waals surface area contributed by atoms with Crippen LogP contribution in [-0.4, -0.2) is 82.0 Å². The molecule has 1 saturated heterocycles. The molecule has 2 rings (SSSR count). The van der Waals surface area contributed by atoms with Crippen molar-refractivity contribution in [2.24, 2.45) is 11.7 Å². The third-order valence-corrected chi connectivity index (χ3v) is 5.30. The molecule has 0 unspecified atom stereocenters. The molecule has 204 valence electrons. The van der Waals surface area contributed by atoms with Gasteiger partial charge in [0.1, 0.15) is 5.75 Å². The van der Waals surface area contributed by atoms with Gasteiger partial charge in [-0.25, -0.2) is 0 Å². The number of hydrogen-bond donors (Lipinski definition) is 5. The Kier molecular flexibility index (Phi) is 17.8. The Labute approximate surface area is 215 Å². The fourth-order valence-electron chi connectivity index (χ4n) is 3.29. The van der Waals surface area contributed by atoms with Crippen molar-refractivity contribution in [1.29, 1.82) is 0 Å². The van der Waals surface area contributed by atoms with Crippen LogP contribution in [-0.2, 0) is 25.6 Å². The number of likely N-dealkylation sites (tertiary alicyclic amines) is 1. The predicted octanol–water partition coefficient (Wildman–Crippen LogP) is 2.82. The van der Waals surface area contributed by atoms with Crippen LogP contribution in [0, 0.1) is 5.92 Å².